The molecule has 9 N–H and O–H groups in total. The molecule has 0 aliphatic carbocycles. The molecule has 20 atom stereocenters. The van der Waals surface area contributed by atoms with E-state index in [4.69, 9.17) is 37.9 Å². The first kappa shape index (κ1) is 42.4. The normalized spacial score (nSPS) is 45.9. The Bertz CT molecular complexity index is 1290. The summed E-state index contributed by atoms with van der Waals surface area (Å²) in [6.07, 6.45) is -33.2. The average molecular weight is 771 g/mol. The topological polar surface area (TPSA) is 351 Å². The Balaban J connectivity index is 1.61. The predicted molar refractivity (Wildman–Crippen MR) is 159 cm³/mol. The highest BCUT2D eigenvalue weighted by molar-refractivity contribution is 5.74. The van der Waals surface area contributed by atoms with Gasteiger partial charge < -0.3 is 98.6 Å². The van der Waals surface area contributed by atoms with Crippen LogP contribution in [0.2, 0.25) is 0 Å². The van der Waals surface area contributed by atoms with E-state index in [1.165, 1.54) is 6.92 Å². The molecule has 0 aromatic carbocycles. The van der Waals surface area contributed by atoms with Crippen LogP contribution in [0.5, 0.6) is 0 Å². The molecule has 24 heteroatoms. The van der Waals surface area contributed by atoms with Gasteiger partial charge in [-0.1, -0.05) is 0 Å². The van der Waals surface area contributed by atoms with Crippen LogP contribution in [-0.4, -0.2) is 196 Å². The van der Waals surface area contributed by atoms with Crippen molar-refractivity contribution in [3.8, 4) is 0 Å². The van der Waals surface area contributed by atoms with Gasteiger partial charge in [0, 0.05) is 13.8 Å². The zero-order valence-corrected chi connectivity index (χ0v) is 28.1. The van der Waals surface area contributed by atoms with Crippen LogP contribution < -0.4 is 10.6 Å². The number of aliphatic hydroxyl groups is 7. The quantitative estimate of drug-likeness (QED) is 0.0741. The molecule has 4 aliphatic rings. The van der Waals surface area contributed by atoms with Crippen LogP contribution >= 0.6 is 0 Å². The van der Waals surface area contributed by atoms with E-state index in [1.807, 2.05) is 0 Å². The minimum absolute atomic E-state index is 0.0840. The standard InChI is InChI=1S/C29H42N2O22/c1-8-13(30-9(2)36)22(15(38)11(4-32)47-8)49-28-21(44)18(41)24(29(53-28)46-7-35)51-25-14(31-10(3)37)23(16(39)12(5-33)48-25)50-27-20(43)17(40)19(42)26(52-27)45-6-34/h4-8,11-29,38-44H,1-3H3,(H,30,36)(H,31,37)/t8-,11?,12?,13?,14?,15+,16+,17-,18+,19-,20?,21?,22+,23+,24-,25-,26?,27+,28+,29?/m0/s1. The van der Waals surface area contributed by atoms with Crippen LogP contribution in [0.4, 0.5) is 0 Å². The second-order valence-corrected chi connectivity index (χ2v) is 12.4. The molecule has 4 saturated heterocycles. The summed E-state index contributed by atoms with van der Waals surface area (Å²) in [5, 5.41) is 79.9. The second kappa shape index (κ2) is 18.3. The third kappa shape index (κ3) is 9.31. The van der Waals surface area contributed by atoms with Crippen LogP contribution in [0.3, 0.4) is 0 Å². The number of aliphatic hydroxyl groups excluding tert-OH is 7. The lowest BCUT2D eigenvalue weighted by atomic mass is 9.93. The van der Waals surface area contributed by atoms with Crippen molar-refractivity contribution >= 4 is 37.3 Å². The van der Waals surface area contributed by atoms with E-state index in [1.54, 1.807) is 0 Å². The third-order valence-corrected chi connectivity index (χ3v) is 8.81. The lowest BCUT2D eigenvalue weighted by Crippen LogP contribution is -2.70. The van der Waals surface area contributed by atoms with Gasteiger partial charge in [0.25, 0.3) is 12.9 Å². The van der Waals surface area contributed by atoms with Crippen molar-refractivity contribution in [3.63, 3.8) is 0 Å². The summed E-state index contributed by atoms with van der Waals surface area (Å²) in [5.74, 6) is -1.42. The molecule has 0 aromatic rings. The van der Waals surface area contributed by atoms with E-state index in [0.29, 0.717) is 0 Å². The molecule has 300 valence electrons. The summed E-state index contributed by atoms with van der Waals surface area (Å²) in [4.78, 5) is 70.3. The molecule has 4 heterocycles. The monoisotopic (exact) mass is 770 g/mol. The molecular weight excluding hydrogens is 728 g/mol. The third-order valence-electron chi connectivity index (χ3n) is 8.81. The summed E-state index contributed by atoms with van der Waals surface area (Å²) in [7, 11) is 0. The van der Waals surface area contributed by atoms with Crippen LogP contribution in [-0.2, 0) is 71.4 Å². The van der Waals surface area contributed by atoms with Gasteiger partial charge in [0.2, 0.25) is 24.4 Å². The van der Waals surface area contributed by atoms with Crippen molar-refractivity contribution < 1.29 is 107 Å². The molecule has 4 rings (SSSR count). The highest BCUT2D eigenvalue weighted by Gasteiger charge is 2.56. The molecule has 53 heavy (non-hydrogen) atoms. The maximum atomic E-state index is 12.3. The first-order chi connectivity index (χ1) is 25.1. The summed E-state index contributed by atoms with van der Waals surface area (Å²) >= 11 is 0. The molecule has 4 fully saturated rings. The van der Waals surface area contributed by atoms with E-state index in [2.05, 4.69) is 15.4 Å². The molecule has 8 unspecified atom stereocenters. The zero-order valence-electron chi connectivity index (χ0n) is 28.1. The average Bonchev–Trinajstić information content (AvgIpc) is 3.11. The van der Waals surface area contributed by atoms with E-state index < -0.39 is 135 Å². The van der Waals surface area contributed by atoms with Crippen LogP contribution in [0, 0.1) is 0 Å². The number of carbonyl (C=O) groups excluding carboxylic acids is 6. The lowest BCUT2D eigenvalue weighted by molar-refractivity contribution is -0.391. The van der Waals surface area contributed by atoms with Gasteiger partial charge in [-0.25, -0.2) is 0 Å². The van der Waals surface area contributed by atoms with E-state index in [-0.39, 0.29) is 25.5 Å². The van der Waals surface area contributed by atoms with Gasteiger partial charge in [0.1, 0.15) is 73.2 Å². The Morgan fingerprint density at radius 3 is 1.47 bits per heavy atom. The van der Waals surface area contributed by atoms with Gasteiger partial charge in [-0.05, 0) is 6.92 Å². The molecule has 0 radical (unpaired) electrons. The number of ether oxygens (including phenoxy) is 9. The molecule has 4 aliphatic heterocycles. The van der Waals surface area contributed by atoms with Crippen LogP contribution in [0.15, 0.2) is 0 Å². The summed E-state index contributed by atoms with van der Waals surface area (Å²) in [6.45, 7) is 3.32. The van der Waals surface area contributed by atoms with Crippen molar-refractivity contribution in [2.45, 2.75) is 144 Å². The van der Waals surface area contributed by atoms with Crippen molar-refractivity contribution in [3.05, 3.63) is 0 Å². The Morgan fingerprint density at radius 1 is 0.509 bits per heavy atom. The summed E-state index contributed by atoms with van der Waals surface area (Å²) in [5.41, 5.74) is 0. The van der Waals surface area contributed by atoms with Crippen LogP contribution in [0.25, 0.3) is 0 Å². The van der Waals surface area contributed by atoms with Gasteiger partial charge >= 0.3 is 0 Å². The number of hydrogen-bond donors (Lipinski definition) is 9. The molecule has 0 bridgehead atoms. The predicted octanol–water partition coefficient (Wildman–Crippen LogP) is -7.70. The summed E-state index contributed by atoms with van der Waals surface area (Å²) in [6, 6.07) is -2.86. The number of nitrogens with one attached hydrogen (secondary N) is 2. The largest absolute Gasteiger partial charge is 0.435 e. The zero-order chi connectivity index (χ0) is 39.3. The number of carbonyl (C=O) groups is 6. The summed E-state index contributed by atoms with van der Waals surface area (Å²) < 4.78 is 48.5. The second-order valence-electron chi connectivity index (χ2n) is 12.4. The Morgan fingerprint density at radius 2 is 0.943 bits per heavy atom. The minimum Gasteiger partial charge on any atom is -0.435 e. The smallest absolute Gasteiger partial charge is 0.295 e. The molecule has 24 nitrogen and oxygen atoms in total. The maximum Gasteiger partial charge on any atom is 0.295 e. The van der Waals surface area contributed by atoms with Crippen molar-refractivity contribution in [1.29, 1.82) is 0 Å². The van der Waals surface area contributed by atoms with E-state index >= 15 is 0 Å². The SMILES string of the molecule is CC(=O)NC1[C@H](O[C@@H]2C(OC=O)O[C@@H](O[C@@H]3C(NC(C)=O)[C@H](C)OC(C=O)[C@H]3O)C(O)[C@H]2O)OC(C=O)[C@@H](O)[C@@H]1O[C@@H]1OC(OC=O)[C@@H](O)[C@H](O)C1O. The van der Waals surface area contributed by atoms with Gasteiger partial charge in [-0.3, -0.25) is 19.2 Å². The lowest BCUT2D eigenvalue weighted by Gasteiger charge is -2.49. The minimum atomic E-state index is -2.15. The molecule has 0 spiro atoms. The number of amides is 2. The fraction of sp³-hybridized carbons (Fsp3) is 0.793. The Labute approximate surface area is 299 Å². The molecular formula is C29H42N2O22. The molecule has 0 aromatic heterocycles. The van der Waals surface area contributed by atoms with Gasteiger partial charge in [0.05, 0.1) is 12.1 Å². The highest BCUT2D eigenvalue weighted by atomic mass is 16.8. The Hall–Kier alpha value is -3.34. The van der Waals surface area contributed by atoms with E-state index in [0.717, 1.165) is 13.8 Å². The molecule has 0 saturated carbocycles. The maximum absolute atomic E-state index is 12.3. The number of aldehydes is 2. The van der Waals surface area contributed by atoms with Gasteiger partial charge in [-0.2, -0.15) is 0 Å². The van der Waals surface area contributed by atoms with Crippen molar-refractivity contribution in [2.75, 3.05) is 0 Å². The molecule has 2 amide bonds. The van der Waals surface area contributed by atoms with E-state index in [9.17, 15) is 64.5 Å². The van der Waals surface area contributed by atoms with Gasteiger partial charge in [0.15, 0.2) is 37.5 Å². The van der Waals surface area contributed by atoms with Crippen molar-refractivity contribution in [2.24, 2.45) is 0 Å². The first-order valence-corrected chi connectivity index (χ1v) is 16.1. The van der Waals surface area contributed by atoms with Crippen LogP contribution in [0.1, 0.15) is 20.8 Å². The Kier molecular flexibility index (Phi) is 14.7. The fourth-order valence-electron chi connectivity index (χ4n) is 6.23. The fourth-order valence-corrected chi connectivity index (χ4v) is 6.23. The number of hydrogen-bond acceptors (Lipinski definition) is 22. The van der Waals surface area contributed by atoms with Crippen molar-refractivity contribution in [1.82, 2.24) is 10.6 Å². The highest BCUT2D eigenvalue weighted by Crippen LogP contribution is 2.34. The van der Waals surface area contributed by atoms with Gasteiger partial charge in [-0.15, -0.1) is 0 Å². The first-order valence-electron chi connectivity index (χ1n) is 16.1. The number of rotatable bonds is 14.